The van der Waals surface area contributed by atoms with Gasteiger partial charge in [0.2, 0.25) is 0 Å². The molecule has 11 heteroatoms. The van der Waals surface area contributed by atoms with Crippen LogP contribution in [0.25, 0.3) is 21.8 Å². The number of carbonyl (C=O) groups is 2. The van der Waals surface area contributed by atoms with E-state index in [0.29, 0.717) is 47.5 Å². The maximum atomic E-state index is 12.7. The normalized spacial score (nSPS) is 11.0. The lowest BCUT2D eigenvalue weighted by Crippen LogP contribution is -2.27. The molecule has 4 aromatic carbocycles. The molecule has 0 aliphatic carbocycles. The summed E-state index contributed by atoms with van der Waals surface area (Å²) in [4.78, 5) is 32.0. The number of alkyl halides is 2. The van der Waals surface area contributed by atoms with E-state index in [2.05, 4.69) is 10.6 Å². The minimum absolute atomic E-state index is 0.114. The van der Waals surface area contributed by atoms with Crippen LogP contribution in [0.2, 0.25) is 0 Å². The number of benzene rings is 4. The fourth-order valence-corrected chi connectivity index (χ4v) is 5.38. The van der Waals surface area contributed by atoms with Crippen LogP contribution < -0.4 is 20.3 Å². The van der Waals surface area contributed by atoms with E-state index in [9.17, 15) is 9.59 Å². The number of carbonyl (C=O) groups excluding carboxylic acids is 2. The summed E-state index contributed by atoms with van der Waals surface area (Å²) >= 11 is 11.8. The highest BCUT2D eigenvalue weighted by atomic mass is 35.5. The quantitative estimate of drug-likeness (QED) is 0.0591. The van der Waals surface area contributed by atoms with Crippen molar-refractivity contribution in [3.63, 3.8) is 0 Å². The molecule has 0 unspecified atom stereocenters. The minimum atomic E-state index is -0.871. The maximum Gasteiger partial charge on any atom is 0.514 e. The first-order valence-corrected chi connectivity index (χ1v) is 15.9. The molecule has 0 atom stereocenters. The molecular formula is C35H34Cl2N4O5. The predicted molar refractivity (Wildman–Crippen MR) is 185 cm³/mol. The second kappa shape index (κ2) is 15.5. The van der Waals surface area contributed by atoms with Crippen LogP contribution in [0.4, 0.5) is 32.3 Å². The second-order valence-electron chi connectivity index (χ2n) is 10.6. The van der Waals surface area contributed by atoms with Crippen molar-refractivity contribution < 1.29 is 23.8 Å². The van der Waals surface area contributed by atoms with Crippen molar-refractivity contribution in [2.45, 2.75) is 26.6 Å². The lowest BCUT2D eigenvalue weighted by molar-refractivity contribution is 0.0927. The molecule has 5 rings (SSSR count). The molecule has 0 bridgehead atoms. The monoisotopic (exact) mass is 660 g/mol. The van der Waals surface area contributed by atoms with Gasteiger partial charge in [-0.25, -0.2) is 14.6 Å². The van der Waals surface area contributed by atoms with E-state index in [1.165, 1.54) is 0 Å². The third-order valence-electron chi connectivity index (χ3n) is 6.91. The van der Waals surface area contributed by atoms with Gasteiger partial charge in [-0.2, -0.15) is 0 Å². The van der Waals surface area contributed by atoms with E-state index in [-0.39, 0.29) is 12.7 Å². The summed E-state index contributed by atoms with van der Waals surface area (Å²) < 4.78 is 16.2. The zero-order chi connectivity index (χ0) is 32.5. The second-order valence-corrected chi connectivity index (χ2v) is 11.4. The van der Waals surface area contributed by atoms with Gasteiger partial charge in [0.25, 0.3) is 0 Å². The number of nitrogens with one attached hydrogen (secondary N) is 2. The maximum absolute atomic E-state index is 12.7. The molecule has 1 heterocycles. The van der Waals surface area contributed by atoms with Crippen LogP contribution in [-0.2, 0) is 16.1 Å². The van der Waals surface area contributed by atoms with Crippen LogP contribution >= 0.6 is 23.2 Å². The van der Waals surface area contributed by atoms with Gasteiger partial charge in [-0.1, -0.05) is 36.4 Å². The highest BCUT2D eigenvalue weighted by Gasteiger charge is 2.14. The summed E-state index contributed by atoms with van der Waals surface area (Å²) in [5.74, 6) is 1.25. The van der Waals surface area contributed by atoms with Crippen LogP contribution in [0.5, 0.6) is 5.75 Å². The number of amides is 1. The molecule has 9 nitrogen and oxygen atoms in total. The Hall–Kier alpha value is -4.73. The van der Waals surface area contributed by atoms with Gasteiger partial charge in [0.05, 0.1) is 22.8 Å². The lowest BCUT2D eigenvalue weighted by Gasteiger charge is -2.22. The van der Waals surface area contributed by atoms with E-state index >= 15 is 0 Å². The van der Waals surface area contributed by atoms with E-state index in [1.54, 1.807) is 38.1 Å². The Bertz CT molecular complexity index is 1760. The summed E-state index contributed by atoms with van der Waals surface area (Å²) in [5, 5.41) is 8.15. The molecule has 0 radical (unpaired) electrons. The third-order valence-corrected chi connectivity index (χ3v) is 7.25. The number of fused-ring (bicyclic) bond motifs is 2. The number of nitrogens with zero attached hydrogens (tertiary/aromatic N) is 2. The molecule has 1 amide bonds. The molecule has 2 N–H and O–H groups in total. The summed E-state index contributed by atoms with van der Waals surface area (Å²) in [6, 6.07) is 28.1. The largest absolute Gasteiger partial charge is 0.514 e. The molecule has 0 aliphatic heterocycles. The van der Waals surface area contributed by atoms with Crippen molar-refractivity contribution in [3.8, 4) is 5.75 Å². The summed E-state index contributed by atoms with van der Waals surface area (Å²) in [6.45, 7) is 4.71. The van der Waals surface area contributed by atoms with E-state index in [0.717, 1.165) is 33.2 Å². The molecule has 1 aromatic heterocycles. The number of para-hydroxylation sites is 2. The first-order chi connectivity index (χ1) is 22.3. The van der Waals surface area contributed by atoms with Gasteiger partial charge in [0, 0.05) is 52.7 Å². The molecule has 46 heavy (non-hydrogen) atoms. The Morgan fingerprint density at radius 1 is 0.826 bits per heavy atom. The fraction of sp³-hybridized carbons (Fsp3) is 0.229. The molecule has 0 spiro atoms. The topological polar surface area (TPSA) is 102 Å². The number of aromatic nitrogens is 1. The highest BCUT2D eigenvalue weighted by molar-refractivity contribution is 6.18. The average molecular weight is 662 g/mol. The van der Waals surface area contributed by atoms with Crippen molar-refractivity contribution in [2.24, 2.45) is 0 Å². The van der Waals surface area contributed by atoms with Gasteiger partial charge >= 0.3 is 12.2 Å². The minimum Gasteiger partial charge on any atom is -0.447 e. The van der Waals surface area contributed by atoms with Crippen molar-refractivity contribution in [1.82, 2.24) is 4.98 Å². The molecule has 5 aromatic rings. The summed E-state index contributed by atoms with van der Waals surface area (Å²) in [6.07, 6.45) is -1.77. The van der Waals surface area contributed by atoms with Crippen molar-refractivity contribution in [1.29, 1.82) is 0 Å². The lowest BCUT2D eigenvalue weighted by atomic mass is 10.1. The van der Waals surface area contributed by atoms with Crippen LogP contribution in [0.1, 0.15) is 19.4 Å². The third kappa shape index (κ3) is 8.50. The molecule has 238 valence electrons. The molecule has 0 aliphatic rings. The Kier molecular flexibility index (Phi) is 11.0. The van der Waals surface area contributed by atoms with E-state index < -0.39 is 12.2 Å². The Balaban J connectivity index is 1.36. The number of hydrogen-bond acceptors (Lipinski definition) is 8. The van der Waals surface area contributed by atoms with Crippen LogP contribution in [0.3, 0.4) is 0 Å². The standard InChI is InChI=1S/C35H34Cl2N4O5/c1-23(2)45-34(42)39-26-20-24(22-44-35(43)46-28-13-11-27(12-14-28)41(17-15-36)18-16-37)19-25(21-26)38-33-29-7-3-5-9-31(29)40-32-10-6-4-8-30(32)33/h3-14,19-21,23H,15-18,22H2,1-2H3,(H,38,40)(H,39,42). The Labute approximate surface area is 277 Å². The van der Waals surface area contributed by atoms with Crippen molar-refractivity contribution in [3.05, 3.63) is 96.6 Å². The van der Waals surface area contributed by atoms with Gasteiger partial charge in [0.1, 0.15) is 12.4 Å². The number of anilines is 4. The van der Waals surface area contributed by atoms with Crippen molar-refractivity contribution >= 4 is 80.0 Å². The zero-order valence-corrected chi connectivity index (χ0v) is 27.0. The number of pyridine rings is 1. The summed E-state index contributed by atoms with van der Waals surface area (Å²) in [5.41, 5.74) is 5.17. The van der Waals surface area contributed by atoms with Gasteiger partial charge < -0.3 is 24.4 Å². The number of rotatable bonds is 12. The Morgan fingerprint density at radius 3 is 2.04 bits per heavy atom. The highest BCUT2D eigenvalue weighted by Crippen LogP contribution is 2.34. The first kappa shape index (κ1) is 32.7. The van der Waals surface area contributed by atoms with Gasteiger partial charge in [0.15, 0.2) is 0 Å². The van der Waals surface area contributed by atoms with E-state index in [1.807, 2.05) is 71.6 Å². The van der Waals surface area contributed by atoms with Gasteiger partial charge in [-0.05, 0) is 74.0 Å². The van der Waals surface area contributed by atoms with Gasteiger partial charge in [-0.15, -0.1) is 23.2 Å². The smallest absolute Gasteiger partial charge is 0.447 e. The fourth-order valence-electron chi connectivity index (χ4n) is 4.97. The SMILES string of the molecule is CC(C)OC(=O)Nc1cc(COC(=O)Oc2ccc(N(CCCl)CCCl)cc2)cc(Nc2c3ccccc3nc3ccccc23)c1. The van der Waals surface area contributed by atoms with Crippen LogP contribution in [0.15, 0.2) is 91.0 Å². The number of ether oxygens (including phenoxy) is 3. The van der Waals surface area contributed by atoms with Crippen LogP contribution in [0, 0.1) is 0 Å². The predicted octanol–water partition coefficient (Wildman–Crippen LogP) is 9.09. The number of hydrogen-bond donors (Lipinski definition) is 2. The molecule has 0 saturated heterocycles. The average Bonchev–Trinajstić information content (AvgIpc) is 3.03. The van der Waals surface area contributed by atoms with Crippen molar-refractivity contribution in [2.75, 3.05) is 40.4 Å². The molecule has 0 fully saturated rings. The van der Waals surface area contributed by atoms with Crippen LogP contribution in [-0.4, -0.2) is 48.2 Å². The number of halogens is 2. The molecule has 0 saturated carbocycles. The van der Waals surface area contributed by atoms with E-state index in [4.69, 9.17) is 42.4 Å². The zero-order valence-electron chi connectivity index (χ0n) is 25.5. The summed E-state index contributed by atoms with van der Waals surface area (Å²) in [7, 11) is 0. The van der Waals surface area contributed by atoms with Gasteiger partial charge in [-0.3, -0.25) is 5.32 Å². The first-order valence-electron chi connectivity index (χ1n) is 14.8. The molecular weight excluding hydrogens is 627 g/mol. The Morgan fingerprint density at radius 2 is 1.43 bits per heavy atom.